The number of thioether (sulfide) groups is 1. The number of methoxy groups -OCH3 is 2. The second-order valence-electron chi connectivity index (χ2n) is 5.96. The highest BCUT2D eigenvalue weighted by molar-refractivity contribution is 7.99. The number of nitrogens with zero attached hydrogens (tertiary/aromatic N) is 6. The summed E-state index contributed by atoms with van der Waals surface area (Å²) in [7, 11) is 5.03. The van der Waals surface area contributed by atoms with Crippen molar-refractivity contribution in [1.82, 2.24) is 29.4 Å². The molecule has 0 atom stereocenters. The second-order valence-corrected chi connectivity index (χ2v) is 6.90. The minimum atomic E-state index is 0.0742. The summed E-state index contributed by atoms with van der Waals surface area (Å²) >= 11 is 1.37. The van der Waals surface area contributed by atoms with E-state index in [4.69, 9.17) is 14.2 Å². The Hall–Kier alpha value is -2.11. The Balaban J connectivity index is 1.78. The lowest BCUT2D eigenvalue weighted by Gasteiger charge is -2.26. The van der Waals surface area contributed by atoms with Crippen LogP contribution in [0.1, 0.15) is 0 Å². The number of aryl methyl sites for hydroxylation is 1. The van der Waals surface area contributed by atoms with E-state index in [0.29, 0.717) is 62.1 Å². The molecule has 148 valence electrons. The largest absolute Gasteiger partial charge is 0.479 e. The fourth-order valence-electron chi connectivity index (χ4n) is 2.78. The number of carbonyl (C=O) groups excluding carboxylic acids is 1. The van der Waals surface area contributed by atoms with Gasteiger partial charge in [0.15, 0.2) is 11.0 Å². The number of ether oxygens (including phenoxy) is 3. The Morgan fingerprint density at radius 1 is 1.30 bits per heavy atom. The van der Waals surface area contributed by atoms with Gasteiger partial charge in [0, 0.05) is 33.4 Å². The van der Waals surface area contributed by atoms with Crippen LogP contribution in [-0.4, -0.2) is 88.2 Å². The predicted molar refractivity (Wildman–Crippen MR) is 98.8 cm³/mol. The summed E-state index contributed by atoms with van der Waals surface area (Å²) < 4.78 is 19.4. The van der Waals surface area contributed by atoms with Crippen LogP contribution in [0.2, 0.25) is 0 Å². The summed E-state index contributed by atoms with van der Waals surface area (Å²) in [6.07, 6.45) is 1.83. The molecule has 1 amide bonds. The van der Waals surface area contributed by atoms with Crippen molar-refractivity contribution in [3.05, 3.63) is 6.20 Å². The molecule has 10 nitrogen and oxygen atoms in total. The molecular weight excluding hydrogens is 372 g/mol. The number of hydrogen-bond donors (Lipinski definition) is 0. The van der Waals surface area contributed by atoms with E-state index in [1.54, 1.807) is 18.9 Å². The SMILES string of the molecule is COCCn1c(SCC(=O)N2CCOCC2)nnc1-c1cn(C)nc1OC. The van der Waals surface area contributed by atoms with Crippen molar-refractivity contribution >= 4 is 17.7 Å². The summed E-state index contributed by atoms with van der Waals surface area (Å²) in [6, 6.07) is 0. The molecule has 11 heteroatoms. The van der Waals surface area contributed by atoms with Gasteiger partial charge in [-0.05, 0) is 0 Å². The molecule has 0 N–H and O–H groups in total. The third-order valence-electron chi connectivity index (χ3n) is 4.15. The Kier molecular flexibility index (Phi) is 6.69. The molecule has 1 saturated heterocycles. The Morgan fingerprint density at radius 3 is 2.78 bits per heavy atom. The minimum Gasteiger partial charge on any atom is -0.479 e. The molecule has 0 radical (unpaired) electrons. The Morgan fingerprint density at radius 2 is 2.07 bits per heavy atom. The van der Waals surface area contributed by atoms with Crippen LogP contribution in [0.4, 0.5) is 0 Å². The van der Waals surface area contributed by atoms with Gasteiger partial charge in [-0.2, -0.15) is 0 Å². The average Bonchev–Trinajstić information content (AvgIpc) is 3.27. The smallest absolute Gasteiger partial charge is 0.243 e. The van der Waals surface area contributed by atoms with Crippen LogP contribution < -0.4 is 4.74 Å². The minimum absolute atomic E-state index is 0.0742. The monoisotopic (exact) mass is 396 g/mol. The first kappa shape index (κ1) is 19.6. The molecule has 0 aliphatic carbocycles. The molecule has 27 heavy (non-hydrogen) atoms. The van der Waals surface area contributed by atoms with Crippen molar-refractivity contribution in [2.75, 3.05) is 52.9 Å². The zero-order chi connectivity index (χ0) is 19.2. The maximum absolute atomic E-state index is 12.4. The molecule has 0 aromatic carbocycles. The molecule has 1 fully saturated rings. The first-order valence-corrected chi connectivity index (χ1v) is 9.61. The van der Waals surface area contributed by atoms with Crippen LogP contribution in [0.5, 0.6) is 5.88 Å². The number of amides is 1. The Labute approximate surface area is 161 Å². The van der Waals surface area contributed by atoms with Gasteiger partial charge in [0.05, 0.1) is 39.2 Å². The molecule has 3 rings (SSSR count). The van der Waals surface area contributed by atoms with Crippen LogP contribution in [0, 0.1) is 0 Å². The highest BCUT2D eigenvalue weighted by Gasteiger charge is 2.22. The van der Waals surface area contributed by atoms with E-state index >= 15 is 0 Å². The quantitative estimate of drug-likeness (QED) is 0.587. The normalized spacial score (nSPS) is 14.6. The highest BCUT2D eigenvalue weighted by Crippen LogP contribution is 2.30. The molecule has 3 heterocycles. The van der Waals surface area contributed by atoms with Crippen molar-refractivity contribution in [3.8, 4) is 17.3 Å². The topological polar surface area (TPSA) is 96.5 Å². The fourth-order valence-corrected chi connectivity index (χ4v) is 3.65. The van der Waals surface area contributed by atoms with Gasteiger partial charge in [-0.1, -0.05) is 11.8 Å². The van der Waals surface area contributed by atoms with E-state index in [9.17, 15) is 4.79 Å². The lowest BCUT2D eigenvalue weighted by atomic mass is 10.3. The second kappa shape index (κ2) is 9.20. The number of aromatic nitrogens is 5. The maximum atomic E-state index is 12.4. The van der Waals surface area contributed by atoms with Gasteiger partial charge in [0.2, 0.25) is 11.8 Å². The summed E-state index contributed by atoms with van der Waals surface area (Å²) in [5.74, 6) is 1.49. The van der Waals surface area contributed by atoms with E-state index in [-0.39, 0.29) is 5.91 Å². The number of hydrogen-bond acceptors (Lipinski definition) is 8. The lowest BCUT2D eigenvalue weighted by molar-refractivity contribution is -0.132. The first-order valence-electron chi connectivity index (χ1n) is 8.62. The maximum Gasteiger partial charge on any atom is 0.243 e. The van der Waals surface area contributed by atoms with Crippen LogP contribution in [0.25, 0.3) is 11.4 Å². The standard InChI is InChI=1S/C16H24N6O4S/c1-20-10-12(15(19-20)25-3)14-17-18-16(22(14)6-7-24-2)27-11-13(23)21-4-8-26-9-5-21/h10H,4-9,11H2,1-3H3. The summed E-state index contributed by atoms with van der Waals surface area (Å²) in [5, 5.41) is 13.5. The predicted octanol–water partition coefficient (Wildman–Crippen LogP) is 0.285. The average molecular weight is 396 g/mol. The lowest BCUT2D eigenvalue weighted by Crippen LogP contribution is -2.41. The Bertz CT molecular complexity index is 771. The van der Waals surface area contributed by atoms with E-state index < -0.39 is 0 Å². The van der Waals surface area contributed by atoms with Gasteiger partial charge in [-0.25, -0.2) is 0 Å². The fraction of sp³-hybridized carbons (Fsp3) is 0.625. The van der Waals surface area contributed by atoms with Crippen molar-refractivity contribution in [2.45, 2.75) is 11.7 Å². The van der Waals surface area contributed by atoms with Crippen LogP contribution in [-0.2, 0) is 27.9 Å². The molecule has 0 bridgehead atoms. The zero-order valence-corrected chi connectivity index (χ0v) is 16.6. The number of morpholine rings is 1. The van der Waals surface area contributed by atoms with Crippen molar-refractivity contribution in [1.29, 1.82) is 0 Å². The van der Waals surface area contributed by atoms with Gasteiger partial charge >= 0.3 is 0 Å². The molecule has 2 aromatic heterocycles. The molecule has 0 unspecified atom stereocenters. The zero-order valence-electron chi connectivity index (χ0n) is 15.8. The molecule has 2 aromatic rings. The number of rotatable bonds is 8. The number of carbonyl (C=O) groups is 1. The van der Waals surface area contributed by atoms with Crippen LogP contribution in [0.15, 0.2) is 11.4 Å². The van der Waals surface area contributed by atoms with Gasteiger partial charge in [-0.15, -0.1) is 15.3 Å². The molecule has 0 saturated carbocycles. The summed E-state index contributed by atoms with van der Waals surface area (Å²) in [5.41, 5.74) is 0.745. The van der Waals surface area contributed by atoms with E-state index in [0.717, 1.165) is 5.56 Å². The molecule has 1 aliphatic heterocycles. The third-order valence-corrected chi connectivity index (χ3v) is 5.11. The van der Waals surface area contributed by atoms with Crippen molar-refractivity contribution < 1.29 is 19.0 Å². The molecule has 0 spiro atoms. The molecular formula is C16H24N6O4S. The van der Waals surface area contributed by atoms with E-state index in [1.807, 2.05) is 22.7 Å². The van der Waals surface area contributed by atoms with Crippen LogP contribution in [0.3, 0.4) is 0 Å². The van der Waals surface area contributed by atoms with E-state index in [1.165, 1.54) is 11.8 Å². The van der Waals surface area contributed by atoms with Crippen LogP contribution >= 0.6 is 11.8 Å². The molecule has 1 aliphatic rings. The van der Waals surface area contributed by atoms with Crippen molar-refractivity contribution in [2.24, 2.45) is 7.05 Å². The van der Waals surface area contributed by atoms with Gasteiger partial charge in [-0.3, -0.25) is 14.0 Å². The summed E-state index contributed by atoms with van der Waals surface area (Å²) in [4.78, 5) is 14.2. The van der Waals surface area contributed by atoms with Gasteiger partial charge in [0.1, 0.15) is 5.56 Å². The van der Waals surface area contributed by atoms with Gasteiger partial charge in [0.25, 0.3) is 0 Å². The van der Waals surface area contributed by atoms with Gasteiger partial charge < -0.3 is 19.1 Å². The first-order chi connectivity index (χ1) is 13.1. The van der Waals surface area contributed by atoms with E-state index in [2.05, 4.69) is 15.3 Å². The highest BCUT2D eigenvalue weighted by atomic mass is 32.2. The van der Waals surface area contributed by atoms with Crippen molar-refractivity contribution in [3.63, 3.8) is 0 Å². The third kappa shape index (κ3) is 4.60. The summed E-state index contributed by atoms with van der Waals surface area (Å²) in [6.45, 7) is 3.50.